The van der Waals surface area contributed by atoms with Crippen molar-refractivity contribution >= 4 is 29.1 Å². The van der Waals surface area contributed by atoms with Crippen molar-refractivity contribution in [2.45, 2.75) is 37.9 Å². The number of ether oxygens (including phenoxy) is 1. The lowest BCUT2D eigenvalue weighted by atomic mass is 9.99. The number of aromatic nitrogens is 2. The van der Waals surface area contributed by atoms with Crippen LogP contribution in [0.5, 0.6) is 5.75 Å². The Kier molecular flexibility index (Phi) is 8.87. The van der Waals surface area contributed by atoms with E-state index in [0.717, 1.165) is 24.3 Å². The van der Waals surface area contributed by atoms with Crippen molar-refractivity contribution in [1.29, 1.82) is 5.26 Å². The lowest BCUT2D eigenvalue weighted by molar-refractivity contribution is -0.125. The molecule has 0 unspecified atom stereocenters. The Hall–Kier alpha value is -5.68. The van der Waals surface area contributed by atoms with Crippen LogP contribution in [0.1, 0.15) is 57.4 Å². The van der Waals surface area contributed by atoms with E-state index in [2.05, 4.69) is 15.7 Å². The van der Waals surface area contributed by atoms with Crippen molar-refractivity contribution in [2.24, 2.45) is 0 Å². The maximum absolute atomic E-state index is 15.4. The first kappa shape index (κ1) is 33.2. The highest BCUT2D eigenvalue weighted by molar-refractivity contribution is 6.13. The minimum atomic E-state index is -3.43. The van der Waals surface area contributed by atoms with Crippen LogP contribution in [-0.4, -0.2) is 71.2 Å². The number of nitrogens with zero attached hydrogens (tertiary/aromatic N) is 5. The largest absolute Gasteiger partial charge is 0.495 e. The maximum atomic E-state index is 15.4. The number of halogens is 3. The summed E-state index contributed by atoms with van der Waals surface area (Å²) in [6.45, 7) is 4.64. The van der Waals surface area contributed by atoms with Gasteiger partial charge in [-0.2, -0.15) is 19.1 Å². The number of nitrogens with one attached hydrogen (secondary N) is 2. The van der Waals surface area contributed by atoms with Crippen molar-refractivity contribution in [2.75, 3.05) is 37.0 Å². The third kappa shape index (κ3) is 5.97. The van der Waals surface area contributed by atoms with Crippen molar-refractivity contribution in [3.05, 3.63) is 107 Å². The number of likely N-dealkylation sites (N-methyl/N-ethyl adjacent to an activating group) is 1. The summed E-state index contributed by atoms with van der Waals surface area (Å²) in [5.74, 6) is -5.08. The molecule has 0 spiro atoms. The fourth-order valence-electron chi connectivity index (χ4n) is 6.38. The fourth-order valence-corrected chi connectivity index (χ4v) is 6.38. The quantitative estimate of drug-likeness (QED) is 0.264. The molecule has 3 atom stereocenters. The van der Waals surface area contributed by atoms with Gasteiger partial charge in [-0.3, -0.25) is 24.0 Å². The van der Waals surface area contributed by atoms with E-state index in [4.69, 9.17) is 4.74 Å². The Labute approximate surface area is 279 Å². The highest BCUT2D eigenvalue weighted by Crippen LogP contribution is 2.41. The van der Waals surface area contributed by atoms with Crippen LogP contribution in [0.25, 0.3) is 0 Å². The van der Waals surface area contributed by atoms with Crippen LogP contribution in [0.2, 0.25) is 0 Å². The number of anilines is 2. The molecule has 3 amide bonds. The highest BCUT2D eigenvalue weighted by Gasteiger charge is 2.49. The smallest absolute Gasteiger partial charge is 0.298 e. The monoisotopic (exact) mass is 671 g/mol. The molecule has 4 aromatic rings. The van der Waals surface area contributed by atoms with Crippen LogP contribution in [0.15, 0.2) is 72.9 Å². The van der Waals surface area contributed by atoms with Gasteiger partial charge in [0.15, 0.2) is 5.69 Å². The minimum absolute atomic E-state index is 0.0665. The molecule has 49 heavy (non-hydrogen) atoms. The second-order valence-corrected chi connectivity index (χ2v) is 11.8. The van der Waals surface area contributed by atoms with E-state index in [0.29, 0.717) is 24.5 Å². The number of fused-ring (bicyclic) bond motifs is 3. The summed E-state index contributed by atoms with van der Waals surface area (Å²) in [6, 6.07) is 14.0. The Bertz CT molecular complexity index is 1960. The molecule has 0 bridgehead atoms. The van der Waals surface area contributed by atoms with Crippen molar-refractivity contribution in [3.8, 4) is 11.8 Å². The summed E-state index contributed by atoms with van der Waals surface area (Å²) >= 11 is 0. The standard InChI is InChI=1S/C35H32F3N7O4/c1-4-40-32(46)20(2)43-18-28-29(19-43)45-31(27(17-41-45)42-33(47)21-5-14-30(49-3)22(15-21)16-39)34(48)44(28)26-12-8-24(9-13-26)35(37,38)23-6-10-25(36)11-7-23/h5-15,17,20,28-29H,4,18-19H2,1-3H3,(H,40,46)(H,42,47)/t20-,28+,29-/m1/s1. The lowest BCUT2D eigenvalue weighted by Gasteiger charge is -2.37. The summed E-state index contributed by atoms with van der Waals surface area (Å²) in [6.07, 6.45) is 1.36. The van der Waals surface area contributed by atoms with Crippen LogP contribution in [0.3, 0.4) is 0 Å². The number of hydrogen-bond donors (Lipinski definition) is 2. The number of amides is 3. The van der Waals surface area contributed by atoms with Crippen LogP contribution in [-0.2, 0) is 10.7 Å². The van der Waals surface area contributed by atoms with Gasteiger partial charge >= 0.3 is 0 Å². The zero-order valence-electron chi connectivity index (χ0n) is 26.8. The van der Waals surface area contributed by atoms with E-state index < -0.39 is 41.7 Å². The maximum Gasteiger partial charge on any atom is 0.298 e. The van der Waals surface area contributed by atoms with Gasteiger partial charge < -0.3 is 20.3 Å². The number of nitriles is 1. The number of hydrogen-bond acceptors (Lipinski definition) is 7. The minimum Gasteiger partial charge on any atom is -0.495 e. The van der Waals surface area contributed by atoms with Gasteiger partial charge in [0.2, 0.25) is 5.91 Å². The van der Waals surface area contributed by atoms with Crippen LogP contribution < -0.4 is 20.3 Å². The molecule has 2 aliphatic heterocycles. The number of methoxy groups -OCH3 is 1. The normalized spacial score (nSPS) is 17.9. The Morgan fingerprint density at radius 3 is 2.35 bits per heavy atom. The summed E-state index contributed by atoms with van der Waals surface area (Å²) in [5, 5.41) is 19.5. The van der Waals surface area contributed by atoms with Gasteiger partial charge in [0.1, 0.15) is 17.6 Å². The molecule has 0 aliphatic carbocycles. The first-order chi connectivity index (χ1) is 23.5. The number of alkyl halides is 2. The average molecular weight is 672 g/mol. The molecule has 6 rings (SSSR count). The topological polar surface area (TPSA) is 133 Å². The zero-order valence-corrected chi connectivity index (χ0v) is 26.8. The van der Waals surface area contributed by atoms with Gasteiger partial charge in [-0.25, -0.2) is 4.39 Å². The predicted molar refractivity (Wildman–Crippen MR) is 173 cm³/mol. The van der Waals surface area contributed by atoms with E-state index in [-0.39, 0.29) is 46.1 Å². The van der Waals surface area contributed by atoms with E-state index in [1.54, 1.807) is 6.92 Å². The Morgan fingerprint density at radius 2 is 1.71 bits per heavy atom. The number of likely N-dealkylation sites (tertiary alicyclic amines) is 1. The zero-order chi connectivity index (χ0) is 35.0. The molecule has 2 aliphatic rings. The first-order valence-electron chi connectivity index (χ1n) is 15.5. The fraction of sp³-hybridized carbons (Fsp3) is 0.286. The molecule has 0 saturated carbocycles. The van der Waals surface area contributed by atoms with Gasteiger partial charge in [0.25, 0.3) is 17.7 Å². The molecular weight excluding hydrogens is 639 g/mol. The van der Waals surface area contributed by atoms with Crippen molar-refractivity contribution in [3.63, 3.8) is 0 Å². The first-order valence-corrected chi connectivity index (χ1v) is 15.5. The highest BCUT2D eigenvalue weighted by atomic mass is 19.3. The van der Waals surface area contributed by atoms with E-state index in [1.807, 2.05) is 17.9 Å². The van der Waals surface area contributed by atoms with E-state index in [1.165, 1.54) is 65.4 Å². The SMILES string of the molecule is CCNC(=O)[C@@H](C)N1C[C@@H]2[C@H](C1)N(c1ccc(C(F)(F)c3ccc(F)cc3)cc1)C(=O)c1c(NC(=O)c3ccc(OC)c(C#N)c3)cnn12. The second kappa shape index (κ2) is 13.1. The third-order valence-corrected chi connectivity index (χ3v) is 8.97. The van der Waals surface area contributed by atoms with Gasteiger partial charge in [0, 0.05) is 42.0 Å². The third-order valence-electron chi connectivity index (χ3n) is 8.97. The van der Waals surface area contributed by atoms with E-state index in [9.17, 15) is 24.0 Å². The number of rotatable bonds is 9. The number of benzene rings is 3. The summed E-state index contributed by atoms with van der Waals surface area (Å²) in [7, 11) is 1.41. The molecule has 11 nitrogen and oxygen atoms in total. The second-order valence-electron chi connectivity index (χ2n) is 11.8. The Morgan fingerprint density at radius 1 is 1.06 bits per heavy atom. The van der Waals surface area contributed by atoms with Gasteiger partial charge in [-0.15, -0.1) is 0 Å². The number of carbonyl (C=O) groups is 3. The Balaban J connectivity index is 1.36. The van der Waals surface area contributed by atoms with Crippen molar-refractivity contribution in [1.82, 2.24) is 20.0 Å². The number of carbonyl (C=O) groups excluding carboxylic acids is 3. The van der Waals surface area contributed by atoms with E-state index >= 15 is 8.78 Å². The van der Waals surface area contributed by atoms with Gasteiger partial charge in [-0.1, -0.05) is 12.1 Å². The summed E-state index contributed by atoms with van der Waals surface area (Å²) in [5.41, 5.74) is 0.0679. The molecule has 1 fully saturated rings. The molecule has 14 heteroatoms. The van der Waals surface area contributed by atoms with Crippen LogP contribution in [0, 0.1) is 17.1 Å². The predicted octanol–water partition coefficient (Wildman–Crippen LogP) is 4.71. The molecule has 3 aromatic carbocycles. The average Bonchev–Trinajstić information content (AvgIpc) is 3.73. The summed E-state index contributed by atoms with van der Waals surface area (Å²) in [4.78, 5) is 43.9. The molecule has 0 radical (unpaired) electrons. The molecule has 3 heterocycles. The van der Waals surface area contributed by atoms with Gasteiger partial charge in [-0.05, 0) is 68.4 Å². The molecule has 1 saturated heterocycles. The molecule has 252 valence electrons. The van der Waals surface area contributed by atoms with Crippen LogP contribution in [0.4, 0.5) is 24.5 Å². The lowest BCUT2D eigenvalue weighted by Crippen LogP contribution is -2.51. The molecular formula is C35H32F3N7O4. The van der Waals surface area contributed by atoms with Crippen LogP contribution >= 0.6 is 0 Å². The summed E-state index contributed by atoms with van der Waals surface area (Å²) < 4.78 is 50.9. The molecule has 2 N–H and O–H groups in total. The molecule has 1 aromatic heterocycles. The van der Waals surface area contributed by atoms with Crippen molar-refractivity contribution < 1.29 is 32.3 Å². The van der Waals surface area contributed by atoms with Gasteiger partial charge in [0.05, 0.1) is 42.7 Å².